The van der Waals surface area contributed by atoms with E-state index in [0.29, 0.717) is 11.0 Å². The van der Waals surface area contributed by atoms with Crippen molar-refractivity contribution in [3.63, 3.8) is 0 Å². The monoisotopic (exact) mass is 225 g/mol. The number of fused-ring (bicyclic) bond motifs is 3. The Balaban J connectivity index is 2.60. The van der Waals surface area contributed by atoms with Crippen molar-refractivity contribution in [3.8, 4) is 0 Å². The Morgan fingerprint density at radius 3 is 2.71 bits per heavy atom. The summed E-state index contributed by atoms with van der Waals surface area (Å²) < 4.78 is 5.33. The van der Waals surface area contributed by atoms with Crippen LogP contribution in [-0.2, 0) is 0 Å². The van der Waals surface area contributed by atoms with Crippen LogP contribution in [0.4, 0.5) is 0 Å². The molecule has 3 rings (SSSR count). The van der Waals surface area contributed by atoms with E-state index in [1.54, 1.807) is 12.3 Å². The minimum absolute atomic E-state index is 0.302. The highest BCUT2D eigenvalue weighted by Crippen LogP contribution is 2.23. The average Bonchev–Trinajstić information content (AvgIpc) is 2.29. The summed E-state index contributed by atoms with van der Waals surface area (Å²) in [6.07, 6.45) is 1.74. The topological polar surface area (TPSA) is 43.1 Å². The van der Waals surface area contributed by atoms with Gasteiger partial charge in [-0.15, -0.1) is 0 Å². The van der Waals surface area contributed by atoms with Crippen LogP contribution in [0.5, 0.6) is 0 Å². The second-order valence-electron chi connectivity index (χ2n) is 4.26. The molecule has 3 nitrogen and oxygen atoms in total. The van der Waals surface area contributed by atoms with Crippen molar-refractivity contribution in [1.29, 1.82) is 0 Å². The first kappa shape index (κ1) is 10.0. The number of benzene rings is 1. The zero-order valence-corrected chi connectivity index (χ0v) is 9.65. The number of hydrogen-bond donors (Lipinski definition) is 0. The van der Waals surface area contributed by atoms with Gasteiger partial charge in [0, 0.05) is 22.7 Å². The van der Waals surface area contributed by atoms with Gasteiger partial charge in [0.15, 0.2) is 0 Å². The molecule has 0 saturated heterocycles. The lowest BCUT2D eigenvalue weighted by atomic mass is 10.1. The summed E-state index contributed by atoms with van der Waals surface area (Å²) in [5, 5.41) is 2.37. The van der Waals surface area contributed by atoms with Crippen LogP contribution in [0.1, 0.15) is 11.3 Å². The Bertz CT molecular complexity index is 787. The molecular weight excluding hydrogens is 214 g/mol. The molecule has 84 valence electrons. The van der Waals surface area contributed by atoms with Crippen LogP contribution < -0.4 is 5.63 Å². The molecular formula is C14H11NO2. The first-order valence-corrected chi connectivity index (χ1v) is 5.45. The van der Waals surface area contributed by atoms with Crippen molar-refractivity contribution >= 4 is 21.7 Å². The first-order valence-electron chi connectivity index (χ1n) is 5.45. The van der Waals surface area contributed by atoms with Gasteiger partial charge in [0.2, 0.25) is 0 Å². The molecule has 0 radical (unpaired) electrons. The molecule has 0 unspecified atom stereocenters. The van der Waals surface area contributed by atoms with Crippen LogP contribution in [-0.4, -0.2) is 4.98 Å². The zero-order chi connectivity index (χ0) is 12.0. The summed E-state index contributed by atoms with van der Waals surface area (Å²) in [5.74, 6) is 0. The minimum atomic E-state index is -0.302. The largest absolute Gasteiger partial charge is 0.422 e. The fourth-order valence-corrected chi connectivity index (χ4v) is 2.03. The molecule has 0 aliphatic rings. The summed E-state index contributed by atoms with van der Waals surface area (Å²) in [6, 6.07) is 7.60. The van der Waals surface area contributed by atoms with Gasteiger partial charge in [-0.1, -0.05) is 12.1 Å². The normalized spacial score (nSPS) is 11.2. The molecule has 0 spiro atoms. The van der Waals surface area contributed by atoms with Gasteiger partial charge in [0.05, 0.1) is 5.39 Å². The molecule has 3 heteroatoms. The maximum atomic E-state index is 11.9. The molecule has 0 amide bonds. The van der Waals surface area contributed by atoms with E-state index in [1.807, 2.05) is 32.0 Å². The van der Waals surface area contributed by atoms with Gasteiger partial charge in [-0.3, -0.25) is 4.98 Å². The van der Waals surface area contributed by atoms with E-state index in [-0.39, 0.29) is 5.63 Å². The lowest BCUT2D eigenvalue weighted by Crippen LogP contribution is -2.01. The number of rotatable bonds is 0. The Kier molecular flexibility index (Phi) is 2.01. The van der Waals surface area contributed by atoms with Crippen LogP contribution in [0.2, 0.25) is 0 Å². The predicted octanol–water partition coefficient (Wildman–Crippen LogP) is 2.96. The maximum Gasteiger partial charge on any atom is 0.344 e. The molecule has 0 saturated carbocycles. The number of aromatic nitrogens is 1. The number of hydrogen-bond acceptors (Lipinski definition) is 3. The van der Waals surface area contributed by atoms with Gasteiger partial charge < -0.3 is 4.42 Å². The minimum Gasteiger partial charge on any atom is -0.422 e. The van der Waals surface area contributed by atoms with Crippen LogP contribution in [0.25, 0.3) is 21.7 Å². The molecule has 0 aliphatic heterocycles. The van der Waals surface area contributed by atoms with Crippen LogP contribution in [0, 0.1) is 13.8 Å². The van der Waals surface area contributed by atoms with Crippen molar-refractivity contribution in [3.05, 3.63) is 52.1 Å². The third-order valence-corrected chi connectivity index (χ3v) is 2.89. The molecule has 1 aromatic carbocycles. The number of aryl methyl sites for hydroxylation is 2. The molecule has 0 N–H and O–H groups in total. The van der Waals surface area contributed by atoms with E-state index < -0.39 is 0 Å². The smallest absolute Gasteiger partial charge is 0.344 e. The standard InChI is InChI=1S/C14H11NO2/c1-8-3-4-10-12-7-15-9(2)6-11(12)14(16)17-13(10)5-8/h3-7H,1-2H3. The molecule has 0 bridgehead atoms. The highest BCUT2D eigenvalue weighted by molar-refractivity contribution is 6.03. The number of pyridine rings is 1. The predicted molar refractivity (Wildman–Crippen MR) is 67.3 cm³/mol. The zero-order valence-electron chi connectivity index (χ0n) is 9.65. The van der Waals surface area contributed by atoms with Gasteiger partial charge in [-0.25, -0.2) is 4.79 Å². The molecule has 17 heavy (non-hydrogen) atoms. The summed E-state index contributed by atoms with van der Waals surface area (Å²) in [4.78, 5) is 16.1. The fourth-order valence-electron chi connectivity index (χ4n) is 2.03. The van der Waals surface area contributed by atoms with Crippen molar-refractivity contribution in [2.45, 2.75) is 13.8 Å². The van der Waals surface area contributed by atoms with Crippen molar-refractivity contribution < 1.29 is 4.42 Å². The van der Waals surface area contributed by atoms with E-state index in [0.717, 1.165) is 22.0 Å². The second kappa shape index (κ2) is 3.42. The highest BCUT2D eigenvalue weighted by Gasteiger charge is 2.07. The van der Waals surface area contributed by atoms with E-state index >= 15 is 0 Å². The van der Waals surface area contributed by atoms with Crippen LogP contribution >= 0.6 is 0 Å². The quantitative estimate of drug-likeness (QED) is 0.436. The molecule has 3 aromatic rings. The van der Waals surface area contributed by atoms with Gasteiger partial charge >= 0.3 is 5.63 Å². The molecule has 0 atom stereocenters. The van der Waals surface area contributed by atoms with Crippen LogP contribution in [0.15, 0.2) is 39.7 Å². The van der Waals surface area contributed by atoms with Gasteiger partial charge in [-0.05, 0) is 31.5 Å². The van der Waals surface area contributed by atoms with Crippen molar-refractivity contribution in [2.75, 3.05) is 0 Å². The number of nitrogens with zero attached hydrogens (tertiary/aromatic N) is 1. The van der Waals surface area contributed by atoms with E-state index in [1.165, 1.54) is 0 Å². The summed E-state index contributed by atoms with van der Waals surface area (Å²) in [6.45, 7) is 3.83. The fraction of sp³-hybridized carbons (Fsp3) is 0.143. The van der Waals surface area contributed by atoms with E-state index in [4.69, 9.17) is 4.42 Å². The average molecular weight is 225 g/mol. The van der Waals surface area contributed by atoms with E-state index in [2.05, 4.69) is 4.98 Å². The van der Waals surface area contributed by atoms with Crippen molar-refractivity contribution in [2.24, 2.45) is 0 Å². The lowest BCUT2D eigenvalue weighted by molar-refractivity contribution is 0.569. The van der Waals surface area contributed by atoms with Crippen molar-refractivity contribution in [1.82, 2.24) is 4.98 Å². The molecule has 2 heterocycles. The SMILES string of the molecule is Cc1ccc2c(c1)oc(=O)c1cc(C)ncc12. The molecule has 0 fully saturated rings. The lowest BCUT2D eigenvalue weighted by Gasteiger charge is -2.03. The first-order chi connectivity index (χ1) is 8.15. The Labute approximate surface area is 97.7 Å². The van der Waals surface area contributed by atoms with Crippen LogP contribution in [0.3, 0.4) is 0 Å². The highest BCUT2D eigenvalue weighted by atomic mass is 16.4. The Morgan fingerprint density at radius 2 is 1.88 bits per heavy atom. The molecule has 0 aliphatic carbocycles. The van der Waals surface area contributed by atoms with Gasteiger partial charge in [0.25, 0.3) is 0 Å². The van der Waals surface area contributed by atoms with Gasteiger partial charge in [0.1, 0.15) is 5.58 Å². The Morgan fingerprint density at radius 1 is 1.06 bits per heavy atom. The third kappa shape index (κ3) is 1.51. The summed E-state index contributed by atoms with van der Waals surface area (Å²) in [5.41, 5.74) is 2.20. The third-order valence-electron chi connectivity index (χ3n) is 2.89. The Hall–Kier alpha value is -2.16. The molecule has 2 aromatic heterocycles. The van der Waals surface area contributed by atoms with E-state index in [9.17, 15) is 4.79 Å². The summed E-state index contributed by atoms with van der Waals surface area (Å²) >= 11 is 0. The van der Waals surface area contributed by atoms with Gasteiger partial charge in [-0.2, -0.15) is 0 Å². The maximum absolute atomic E-state index is 11.9. The summed E-state index contributed by atoms with van der Waals surface area (Å²) in [7, 11) is 0. The second-order valence-corrected chi connectivity index (χ2v) is 4.26.